The summed E-state index contributed by atoms with van der Waals surface area (Å²) >= 11 is 9.57. The van der Waals surface area contributed by atoms with Gasteiger partial charge in [0.2, 0.25) is 0 Å². The zero-order valence-corrected chi connectivity index (χ0v) is 14.8. The Morgan fingerprint density at radius 1 is 1.14 bits per heavy atom. The predicted octanol–water partition coefficient (Wildman–Crippen LogP) is 5.11. The minimum Gasteiger partial charge on any atom is -0.352 e. The Kier molecular flexibility index (Phi) is 6.47. The first kappa shape index (κ1) is 17.0. The lowest BCUT2D eigenvalue weighted by molar-refractivity contribution is 0.0954. The average molecular weight is 381 g/mol. The molecule has 0 saturated heterocycles. The quantitative estimate of drug-likeness (QED) is 0.693. The van der Waals surface area contributed by atoms with Crippen molar-refractivity contribution in [3.05, 3.63) is 69.7 Å². The van der Waals surface area contributed by atoms with Gasteiger partial charge in [-0.1, -0.05) is 47.1 Å². The van der Waals surface area contributed by atoms with Crippen molar-refractivity contribution in [1.29, 1.82) is 0 Å². The molecule has 22 heavy (non-hydrogen) atoms. The van der Waals surface area contributed by atoms with Crippen LogP contribution in [0.2, 0.25) is 0 Å². The molecule has 1 amide bonds. The molecule has 0 fully saturated rings. The molecule has 0 aromatic heterocycles. The molecule has 0 aliphatic rings. The van der Waals surface area contributed by atoms with Crippen molar-refractivity contribution in [1.82, 2.24) is 5.32 Å². The molecule has 0 spiro atoms. The smallest absolute Gasteiger partial charge is 0.251 e. The van der Waals surface area contributed by atoms with Crippen molar-refractivity contribution in [2.75, 3.05) is 6.54 Å². The van der Waals surface area contributed by atoms with Crippen LogP contribution >= 0.6 is 27.5 Å². The van der Waals surface area contributed by atoms with Crippen LogP contribution < -0.4 is 5.32 Å². The fourth-order valence-corrected chi connectivity index (χ4v) is 2.56. The Bertz CT molecular complexity index is 610. The maximum absolute atomic E-state index is 12.0. The van der Waals surface area contributed by atoms with E-state index in [0.717, 1.165) is 22.9 Å². The molecule has 4 heteroatoms. The van der Waals surface area contributed by atoms with Crippen molar-refractivity contribution in [2.45, 2.75) is 25.1 Å². The van der Waals surface area contributed by atoms with E-state index in [1.807, 2.05) is 12.1 Å². The lowest BCUT2D eigenvalue weighted by atomic mass is 10.1. The number of hydrogen-bond acceptors (Lipinski definition) is 1. The maximum atomic E-state index is 12.0. The van der Waals surface area contributed by atoms with Gasteiger partial charge in [0, 0.05) is 16.6 Å². The van der Waals surface area contributed by atoms with E-state index in [0.29, 0.717) is 12.1 Å². The van der Waals surface area contributed by atoms with Gasteiger partial charge in [0.25, 0.3) is 5.91 Å². The number of benzene rings is 2. The number of rotatable bonds is 6. The molecule has 1 unspecified atom stereocenters. The summed E-state index contributed by atoms with van der Waals surface area (Å²) in [5, 5.41) is 3.01. The third-order valence-corrected chi connectivity index (χ3v) is 4.59. The van der Waals surface area contributed by atoms with Crippen molar-refractivity contribution < 1.29 is 4.79 Å². The second-order valence-corrected chi connectivity index (χ2v) is 6.57. The summed E-state index contributed by atoms with van der Waals surface area (Å²) in [6.45, 7) is 2.69. The largest absolute Gasteiger partial charge is 0.352 e. The predicted molar refractivity (Wildman–Crippen MR) is 95.5 cm³/mol. The van der Waals surface area contributed by atoms with Crippen LogP contribution in [0.3, 0.4) is 0 Å². The molecule has 2 aromatic carbocycles. The van der Waals surface area contributed by atoms with E-state index < -0.39 is 0 Å². The van der Waals surface area contributed by atoms with Crippen LogP contribution in [0.25, 0.3) is 0 Å². The Labute approximate surface area is 145 Å². The normalized spacial score (nSPS) is 12.0. The molecule has 2 aromatic rings. The topological polar surface area (TPSA) is 29.1 Å². The Balaban J connectivity index is 1.83. The van der Waals surface area contributed by atoms with E-state index >= 15 is 0 Å². The maximum Gasteiger partial charge on any atom is 0.251 e. The lowest BCUT2D eigenvalue weighted by Gasteiger charge is -2.09. The van der Waals surface area contributed by atoms with E-state index in [2.05, 4.69) is 52.4 Å². The molecular formula is C18H19BrClNO. The van der Waals surface area contributed by atoms with Crippen molar-refractivity contribution in [2.24, 2.45) is 0 Å². The van der Waals surface area contributed by atoms with Crippen LogP contribution in [-0.2, 0) is 6.42 Å². The molecule has 116 valence electrons. The number of carbonyl (C=O) groups excluding carboxylic acids is 1. The van der Waals surface area contributed by atoms with Crippen LogP contribution in [0.1, 0.15) is 40.2 Å². The van der Waals surface area contributed by atoms with E-state index in [-0.39, 0.29) is 11.3 Å². The van der Waals surface area contributed by atoms with Crippen molar-refractivity contribution >= 4 is 33.4 Å². The second-order valence-electron chi connectivity index (χ2n) is 5.13. The van der Waals surface area contributed by atoms with Gasteiger partial charge in [0.15, 0.2) is 0 Å². The zero-order chi connectivity index (χ0) is 15.9. The number of hydrogen-bond donors (Lipinski definition) is 1. The number of halogens is 2. The summed E-state index contributed by atoms with van der Waals surface area (Å²) in [6.07, 6.45) is 1.73. The van der Waals surface area contributed by atoms with Crippen LogP contribution in [0.15, 0.2) is 53.0 Å². The molecule has 0 aliphatic heterocycles. The Morgan fingerprint density at radius 3 is 2.36 bits per heavy atom. The minimum atomic E-state index is -0.0454. The summed E-state index contributed by atoms with van der Waals surface area (Å²) in [7, 11) is 0. The molecule has 1 atom stereocenters. The van der Waals surface area contributed by atoms with Gasteiger partial charge in [-0.05, 0) is 48.2 Å². The monoisotopic (exact) mass is 379 g/mol. The van der Waals surface area contributed by atoms with Crippen LogP contribution in [0.5, 0.6) is 0 Å². The van der Waals surface area contributed by atoms with Crippen LogP contribution in [0, 0.1) is 0 Å². The molecule has 0 heterocycles. The van der Waals surface area contributed by atoms with E-state index in [4.69, 9.17) is 11.6 Å². The van der Waals surface area contributed by atoms with Gasteiger partial charge in [-0.3, -0.25) is 4.79 Å². The second kappa shape index (κ2) is 8.35. The van der Waals surface area contributed by atoms with Gasteiger partial charge in [0.05, 0.1) is 5.38 Å². The molecular weight excluding hydrogens is 362 g/mol. The Morgan fingerprint density at radius 2 is 1.77 bits per heavy atom. The Hall–Kier alpha value is -1.32. The van der Waals surface area contributed by atoms with E-state index in [1.54, 1.807) is 12.1 Å². The van der Waals surface area contributed by atoms with Gasteiger partial charge in [-0.2, -0.15) is 0 Å². The van der Waals surface area contributed by atoms with E-state index in [1.165, 1.54) is 5.56 Å². The fourth-order valence-electron chi connectivity index (χ4n) is 2.15. The fraction of sp³-hybridized carbons (Fsp3) is 0.278. The molecule has 1 N–H and O–H groups in total. The highest BCUT2D eigenvalue weighted by Gasteiger charge is 2.06. The van der Waals surface area contributed by atoms with Gasteiger partial charge < -0.3 is 5.32 Å². The summed E-state index contributed by atoms with van der Waals surface area (Å²) < 4.78 is 0.966. The van der Waals surface area contributed by atoms with E-state index in [9.17, 15) is 4.79 Å². The van der Waals surface area contributed by atoms with Gasteiger partial charge >= 0.3 is 0 Å². The number of nitrogens with one attached hydrogen (secondary N) is 1. The summed E-state index contributed by atoms with van der Waals surface area (Å²) in [6, 6.07) is 15.6. The standard InChI is InChI=1S/C18H19BrClNO/c1-2-17(20)14-5-3-13(4-6-14)11-12-21-18(22)15-7-9-16(19)10-8-15/h3-10,17H,2,11-12H2,1H3,(H,21,22). The molecule has 2 rings (SSSR count). The average Bonchev–Trinajstić information content (AvgIpc) is 2.55. The van der Waals surface area contributed by atoms with Gasteiger partial charge in [-0.25, -0.2) is 0 Å². The SMILES string of the molecule is CCC(Cl)c1ccc(CCNC(=O)c2ccc(Br)cc2)cc1. The number of carbonyl (C=O) groups is 1. The highest BCUT2D eigenvalue weighted by atomic mass is 79.9. The first-order chi connectivity index (χ1) is 10.6. The third-order valence-electron chi connectivity index (χ3n) is 3.51. The van der Waals surface area contributed by atoms with Crippen molar-refractivity contribution in [3.8, 4) is 0 Å². The minimum absolute atomic E-state index is 0.0454. The zero-order valence-electron chi connectivity index (χ0n) is 12.5. The third kappa shape index (κ3) is 4.85. The molecule has 0 bridgehead atoms. The summed E-state index contributed by atoms with van der Waals surface area (Å²) in [5.74, 6) is -0.0454. The first-order valence-corrected chi connectivity index (χ1v) is 8.59. The molecule has 2 nitrogen and oxygen atoms in total. The molecule has 0 aliphatic carbocycles. The van der Waals surface area contributed by atoms with Crippen molar-refractivity contribution in [3.63, 3.8) is 0 Å². The lowest BCUT2D eigenvalue weighted by Crippen LogP contribution is -2.25. The van der Waals surface area contributed by atoms with Crippen LogP contribution in [-0.4, -0.2) is 12.5 Å². The highest BCUT2D eigenvalue weighted by Crippen LogP contribution is 2.23. The summed E-state index contributed by atoms with van der Waals surface area (Å²) in [4.78, 5) is 12.0. The highest BCUT2D eigenvalue weighted by molar-refractivity contribution is 9.10. The first-order valence-electron chi connectivity index (χ1n) is 7.37. The molecule has 0 radical (unpaired) electrons. The summed E-state index contributed by atoms with van der Waals surface area (Å²) in [5.41, 5.74) is 3.01. The molecule has 0 saturated carbocycles. The van der Waals surface area contributed by atoms with Crippen LogP contribution in [0.4, 0.5) is 0 Å². The van der Waals surface area contributed by atoms with Gasteiger partial charge in [0.1, 0.15) is 0 Å². The number of alkyl halides is 1. The van der Waals surface area contributed by atoms with Gasteiger partial charge in [-0.15, -0.1) is 11.6 Å². The number of amides is 1.